The third-order valence-electron chi connectivity index (χ3n) is 5.37. The third kappa shape index (κ3) is 5.00. The van der Waals surface area contributed by atoms with Gasteiger partial charge in [0.05, 0.1) is 0 Å². The Labute approximate surface area is 171 Å². The van der Waals surface area contributed by atoms with Gasteiger partial charge in [0.25, 0.3) is 5.91 Å². The van der Waals surface area contributed by atoms with Crippen LogP contribution in [0.25, 0.3) is 0 Å². The van der Waals surface area contributed by atoms with Crippen molar-refractivity contribution in [2.45, 2.75) is 50.9 Å². The Morgan fingerprint density at radius 2 is 2.07 bits per heavy atom. The first kappa shape index (κ1) is 21.8. The van der Waals surface area contributed by atoms with Gasteiger partial charge in [-0.15, -0.1) is 0 Å². The van der Waals surface area contributed by atoms with Gasteiger partial charge in [-0.05, 0) is 37.7 Å². The van der Waals surface area contributed by atoms with Crippen LogP contribution in [0.5, 0.6) is 5.88 Å². The summed E-state index contributed by atoms with van der Waals surface area (Å²) in [4.78, 5) is 42.0. The van der Waals surface area contributed by atoms with Gasteiger partial charge in [-0.2, -0.15) is 13.2 Å². The number of carbonyl (C=O) groups excluding carboxylic acids is 3. The van der Waals surface area contributed by atoms with Crippen molar-refractivity contribution in [2.24, 2.45) is 5.92 Å². The first-order chi connectivity index (χ1) is 14.1. The van der Waals surface area contributed by atoms with E-state index < -0.39 is 42.7 Å². The molecule has 164 valence electrons. The molecule has 1 aromatic rings. The minimum atomic E-state index is -4.52. The van der Waals surface area contributed by atoms with Crippen molar-refractivity contribution >= 4 is 17.8 Å². The molecule has 0 radical (unpaired) electrons. The van der Waals surface area contributed by atoms with Crippen LogP contribution in [0.4, 0.5) is 18.0 Å². The monoisotopic (exact) mass is 428 g/mol. The minimum absolute atomic E-state index is 0.161. The maximum atomic E-state index is 12.8. The molecule has 4 amide bonds. The molecule has 1 saturated carbocycles. The van der Waals surface area contributed by atoms with Crippen molar-refractivity contribution < 1.29 is 32.3 Å². The lowest BCUT2D eigenvalue weighted by Gasteiger charge is -2.33. The van der Waals surface area contributed by atoms with Gasteiger partial charge in [-0.1, -0.05) is 13.0 Å². The maximum absolute atomic E-state index is 12.8. The topological polar surface area (TPSA) is 101 Å². The second kappa shape index (κ2) is 8.49. The molecular formula is C19H23F3N4O4. The Hall–Kier alpha value is -2.85. The van der Waals surface area contributed by atoms with Crippen LogP contribution in [0.2, 0.25) is 0 Å². The van der Waals surface area contributed by atoms with Gasteiger partial charge in [0, 0.05) is 18.3 Å². The first-order valence-electron chi connectivity index (χ1n) is 9.64. The van der Waals surface area contributed by atoms with E-state index in [2.05, 4.69) is 27.3 Å². The molecule has 1 aromatic heterocycles. The van der Waals surface area contributed by atoms with Gasteiger partial charge in [0.1, 0.15) is 12.1 Å². The highest BCUT2D eigenvalue weighted by Gasteiger charge is 2.52. The number of urea groups is 1. The number of hydrogen-bond donors (Lipinski definition) is 2. The van der Waals surface area contributed by atoms with Crippen molar-refractivity contribution in [2.75, 3.05) is 13.2 Å². The molecule has 0 atom stereocenters. The van der Waals surface area contributed by atoms with Crippen molar-refractivity contribution in [1.29, 1.82) is 0 Å². The number of nitrogens with zero attached hydrogens (tertiary/aromatic N) is 2. The van der Waals surface area contributed by atoms with Crippen LogP contribution in [0.1, 0.15) is 38.2 Å². The smallest absolute Gasteiger partial charge is 0.422 e. The molecular weight excluding hydrogens is 405 g/mol. The summed E-state index contributed by atoms with van der Waals surface area (Å²) in [6.07, 6.45) is -0.552. The van der Waals surface area contributed by atoms with Crippen LogP contribution in [-0.2, 0) is 16.1 Å². The Morgan fingerprint density at radius 1 is 1.37 bits per heavy atom. The molecule has 2 aliphatic rings. The molecule has 30 heavy (non-hydrogen) atoms. The summed E-state index contributed by atoms with van der Waals surface area (Å²) in [6.45, 7) is -0.0499. The van der Waals surface area contributed by atoms with E-state index in [-0.39, 0.29) is 18.0 Å². The van der Waals surface area contributed by atoms with Gasteiger partial charge in [0.15, 0.2) is 6.61 Å². The molecule has 0 bridgehead atoms. The molecule has 1 saturated heterocycles. The maximum Gasteiger partial charge on any atom is 0.422 e. The fourth-order valence-electron chi connectivity index (χ4n) is 3.65. The van der Waals surface area contributed by atoms with Gasteiger partial charge >= 0.3 is 12.2 Å². The quantitative estimate of drug-likeness (QED) is 0.677. The highest BCUT2D eigenvalue weighted by molar-refractivity contribution is 6.09. The van der Waals surface area contributed by atoms with Crippen LogP contribution in [0.3, 0.4) is 0 Å². The van der Waals surface area contributed by atoms with Crippen LogP contribution < -0.4 is 15.4 Å². The van der Waals surface area contributed by atoms with E-state index in [1.807, 2.05) is 0 Å². The minimum Gasteiger partial charge on any atom is -0.468 e. The van der Waals surface area contributed by atoms with Crippen LogP contribution in [0.15, 0.2) is 18.3 Å². The number of alkyl halides is 3. The molecule has 11 heteroatoms. The average Bonchev–Trinajstić information content (AvgIpc) is 2.91. The number of hydrogen-bond acceptors (Lipinski definition) is 5. The number of amides is 4. The normalized spacial score (nSPS) is 24.1. The zero-order valence-electron chi connectivity index (χ0n) is 16.4. The Bertz CT molecular complexity index is 822. The SMILES string of the molecule is CC1CCC2(CC1)NC(=O)N(CC(=O)NCc1cccnc1OCC(F)(F)F)C2=O. The summed E-state index contributed by atoms with van der Waals surface area (Å²) in [7, 11) is 0. The molecule has 0 unspecified atom stereocenters. The number of carbonyl (C=O) groups is 3. The molecule has 8 nitrogen and oxygen atoms in total. The Morgan fingerprint density at radius 3 is 2.73 bits per heavy atom. The summed E-state index contributed by atoms with van der Waals surface area (Å²) >= 11 is 0. The van der Waals surface area contributed by atoms with E-state index in [1.165, 1.54) is 18.3 Å². The number of ether oxygens (including phenoxy) is 1. The second-order valence-corrected chi connectivity index (χ2v) is 7.73. The highest BCUT2D eigenvalue weighted by Crippen LogP contribution is 2.36. The van der Waals surface area contributed by atoms with Crippen molar-refractivity contribution in [3.63, 3.8) is 0 Å². The average molecular weight is 428 g/mol. The molecule has 2 N–H and O–H groups in total. The fraction of sp³-hybridized carbons (Fsp3) is 0.579. The van der Waals surface area contributed by atoms with E-state index in [0.717, 1.165) is 17.7 Å². The van der Waals surface area contributed by atoms with Gasteiger partial charge in [-0.25, -0.2) is 9.78 Å². The number of pyridine rings is 1. The summed E-state index contributed by atoms with van der Waals surface area (Å²) in [6, 6.07) is 2.35. The van der Waals surface area contributed by atoms with Gasteiger partial charge in [-0.3, -0.25) is 14.5 Å². The lowest BCUT2D eigenvalue weighted by atomic mass is 9.77. The highest BCUT2D eigenvalue weighted by atomic mass is 19.4. The lowest BCUT2D eigenvalue weighted by molar-refractivity contribution is -0.154. The predicted octanol–water partition coefficient (Wildman–Crippen LogP) is 2.14. The molecule has 2 heterocycles. The summed E-state index contributed by atoms with van der Waals surface area (Å²) in [5, 5.41) is 5.22. The summed E-state index contributed by atoms with van der Waals surface area (Å²) in [5.74, 6) is -0.804. The van der Waals surface area contributed by atoms with E-state index in [0.29, 0.717) is 18.8 Å². The van der Waals surface area contributed by atoms with Crippen molar-refractivity contribution in [3.8, 4) is 5.88 Å². The third-order valence-corrected chi connectivity index (χ3v) is 5.37. The van der Waals surface area contributed by atoms with Gasteiger partial charge in [0.2, 0.25) is 11.8 Å². The van der Waals surface area contributed by atoms with Crippen LogP contribution >= 0.6 is 0 Å². The summed E-state index contributed by atoms with van der Waals surface area (Å²) < 4.78 is 41.8. The van der Waals surface area contributed by atoms with Crippen LogP contribution in [-0.4, -0.2) is 52.6 Å². The van der Waals surface area contributed by atoms with Crippen LogP contribution in [0, 0.1) is 5.92 Å². The van der Waals surface area contributed by atoms with E-state index in [4.69, 9.17) is 0 Å². The molecule has 3 rings (SSSR count). The largest absolute Gasteiger partial charge is 0.468 e. The number of halogens is 3. The number of rotatable bonds is 6. The first-order valence-corrected chi connectivity index (χ1v) is 9.64. The zero-order chi connectivity index (χ0) is 21.9. The molecule has 1 aliphatic heterocycles. The summed E-state index contributed by atoms with van der Waals surface area (Å²) in [5.41, 5.74) is -0.698. The van der Waals surface area contributed by atoms with E-state index in [9.17, 15) is 27.6 Å². The molecule has 1 aliphatic carbocycles. The number of imide groups is 1. The molecule has 0 aromatic carbocycles. The van der Waals surface area contributed by atoms with Crippen molar-refractivity contribution in [3.05, 3.63) is 23.9 Å². The fourth-order valence-corrected chi connectivity index (χ4v) is 3.65. The molecule has 1 spiro atoms. The Kier molecular flexibility index (Phi) is 6.18. The second-order valence-electron chi connectivity index (χ2n) is 7.73. The van der Waals surface area contributed by atoms with E-state index in [1.54, 1.807) is 0 Å². The van der Waals surface area contributed by atoms with Crippen molar-refractivity contribution in [1.82, 2.24) is 20.5 Å². The number of aromatic nitrogens is 1. The number of nitrogens with one attached hydrogen (secondary N) is 2. The van der Waals surface area contributed by atoms with E-state index >= 15 is 0 Å². The van der Waals surface area contributed by atoms with Gasteiger partial charge < -0.3 is 15.4 Å². The lowest BCUT2D eigenvalue weighted by Crippen LogP contribution is -2.49. The standard InChI is InChI=1S/C19H23F3N4O4/c1-12-4-6-18(7-5-12)16(28)26(17(29)25-18)10-14(27)24-9-13-3-2-8-23-15(13)30-11-19(20,21)22/h2-3,8,12H,4-7,9-11H2,1H3,(H,24,27)(H,25,29). The zero-order valence-corrected chi connectivity index (χ0v) is 16.4. The Balaban J connectivity index is 1.57. The predicted molar refractivity (Wildman–Crippen MR) is 98.2 cm³/mol. The molecule has 2 fully saturated rings.